The summed E-state index contributed by atoms with van der Waals surface area (Å²) >= 11 is 0. The second kappa shape index (κ2) is 7.94. The van der Waals surface area contributed by atoms with Crippen LogP contribution in [0.4, 0.5) is 0 Å². The first kappa shape index (κ1) is 23.6. The quantitative estimate of drug-likeness (QED) is 0.397. The number of aliphatic hydroxyl groups is 2. The Balaban J connectivity index is 1.43. The molecular weight excluding hydrogens is 462 g/mol. The molecule has 0 amide bonds. The number of carbonyl (C=O) groups is 3. The number of phenols is 1. The van der Waals surface area contributed by atoms with Crippen LogP contribution in [0, 0.1) is 0 Å². The predicted octanol–water partition coefficient (Wildman–Crippen LogP) is -0.0196. The number of aromatic hydroxyl groups is 1. The number of hydrogen-bond donors (Lipinski definition) is 4. The van der Waals surface area contributed by atoms with Crippen LogP contribution >= 0.6 is 0 Å². The number of carboxylic acid groups (broad SMARTS) is 1. The zero-order chi connectivity index (χ0) is 25.3. The van der Waals surface area contributed by atoms with Gasteiger partial charge in [0.15, 0.2) is 29.8 Å². The van der Waals surface area contributed by atoms with Crippen LogP contribution in [0.1, 0.15) is 37.3 Å². The topological polar surface area (TPSA) is 163 Å². The van der Waals surface area contributed by atoms with Crippen molar-refractivity contribution in [2.45, 2.75) is 68.0 Å². The molecule has 4 N–H and O–H groups in total. The first-order valence-electron chi connectivity index (χ1n) is 11.5. The van der Waals surface area contributed by atoms with Crippen molar-refractivity contribution in [3.05, 3.63) is 35.1 Å². The summed E-state index contributed by atoms with van der Waals surface area (Å²) in [5.74, 6) is -3.25. The van der Waals surface area contributed by atoms with Crippen LogP contribution in [0.3, 0.4) is 0 Å². The third-order valence-electron chi connectivity index (χ3n) is 7.84. The Labute approximate surface area is 200 Å². The number of piperidine rings is 1. The molecule has 1 saturated heterocycles. The number of carboxylic acids is 1. The van der Waals surface area contributed by atoms with Gasteiger partial charge in [-0.25, -0.2) is 9.59 Å². The van der Waals surface area contributed by atoms with Gasteiger partial charge in [-0.15, -0.1) is 0 Å². The lowest BCUT2D eigenvalue weighted by atomic mass is 9.50. The highest BCUT2D eigenvalue weighted by Gasteiger charge is 2.72. The standard InChI is InChI=1S/C24H27NO10/c1-11(33-22(31)14(27)10-17(28)29)21(30)34-15-5-6-24(32)16-9-12-3-4-13(26)19-18(12)23(24,20(15)35-19)7-8-25(16)2/h3-5,11,14,16,20,26-27,32H,6-10H2,1-2H3,(H,28,29)/t11-,14-,16-,20-,23-,24+/m0/s1. The van der Waals surface area contributed by atoms with E-state index in [-0.39, 0.29) is 29.7 Å². The van der Waals surface area contributed by atoms with Gasteiger partial charge < -0.3 is 39.5 Å². The van der Waals surface area contributed by atoms with Crippen molar-refractivity contribution in [1.29, 1.82) is 0 Å². The Hall–Kier alpha value is -3.15. The van der Waals surface area contributed by atoms with E-state index in [9.17, 15) is 29.7 Å². The largest absolute Gasteiger partial charge is 0.504 e. The molecule has 1 spiro atoms. The van der Waals surface area contributed by atoms with Crippen LogP contribution < -0.4 is 4.74 Å². The number of phenolic OH excluding ortho intramolecular Hbond substituents is 1. The fourth-order valence-corrected chi connectivity index (χ4v) is 6.19. The molecule has 2 bridgehead atoms. The first-order valence-corrected chi connectivity index (χ1v) is 11.5. The van der Waals surface area contributed by atoms with Gasteiger partial charge in [0, 0.05) is 18.0 Å². The number of hydrogen-bond acceptors (Lipinski definition) is 10. The maximum absolute atomic E-state index is 12.8. The zero-order valence-electron chi connectivity index (χ0n) is 19.3. The molecule has 188 valence electrons. The minimum absolute atomic E-state index is 0.0624. The summed E-state index contributed by atoms with van der Waals surface area (Å²) in [6, 6.07) is 3.19. The Bertz CT molecular complexity index is 1150. The van der Waals surface area contributed by atoms with Gasteiger partial charge in [0.2, 0.25) is 0 Å². The lowest BCUT2D eigenvalue weighted by Gasteiger charge is -2.61. The van der Waals surface area contributed by atoms with Gasteiger partial charge in [0.05, 0.1) is 17.4 Å². The average Bonchev–Trinajstić information content (AvgIpc) is 3.15. The third kappa shape index (κ3) is 3.25. The molecule has 2 heterocycles. The second-order valence-electron chi connectivity index (χ2n) is 9.72. The summed E-state index contributed by atoms with van der Waals surface area (Å²) < 4.78 is 16.6. The lowest BCUT2D eigenvalue weighted by Crippen LogP contribution is -2.74. The molecule has 4 aliphatic rings. The van der Waals surface area contributed by atoms with E-state index in [4.69, 9.17) is 19.3 Å². The van der Waals surface area contributed by atoms with Crippen molar-refractivity contribution in [3.63, 3.8) is 0 Å². The highest BCUT2D eigenvalue weighted by atomic mass is 16.6. The second-order valence-corrected chi connectivity index (χ2v) is 9.72. The van der Waals surface area contributed by atoms with Crippen LogP contribution in [0.25, 0.3) is 0 Å². The molecule has 2 aliphatic carbocycles. The molecule has 5 rings (SSSR count). The third-order valence-corrected chi connectivity index (χ3v) is 7.84. The smallest absolute Gasteiger partial charge is 0.352 e. The fourth-order valence-electron chi connectivity index (χ4n) is 6.19. The molecule has 0 unspecified atom stereocenters. The van der Waals surface area contributed by atoms with Gasteiger partial charge in [-0.3, -0.25) is 4.79 Å². The van der Waals surface area contributed by atoms with E-state index in [0.717, 1.165) is 11.1 Å². The van der Waals surface area contributed by atoms with Crippen LogP contribution in [0.15, 0.2) is 24.0 Å². The monoisotopic (exact) mass is 489 g/mol. The maximum atomic E-state index is 12.8. The zero-order valence-corrected chi connectivity index (χ0v) is 19.3. The molecule has 0 aromatic heterocycles. The van der Waals surface area contributed by atoms with E-state index in [1.54, 1.807) is 12.1 Å². The van der Waals surface area contributed by atoms with Crippen molar-refractivity contribution in [2.24, 2.45) is 0 Å². The van der Waals surface area contributed by atoms with Crippen LogP contribution in [-0.2, 0) is 35.7 Å². The fraction of sp³-hybridized carbons (Fsp3) is 0.542. The number of rotatable bonds is 6. The summed E-state index contributed by atoms with van der Waals surface area (Å²) in [4.78, 5) is 37.5. The van der Waals surface area contributed by atoms with Crippen molar-refractivity contribution >= 4 is 17.9 Å². The van der Waals surface area contributed by atoms with Gasteiger partial charge in [-0.2, -0.15) is 0 Å². The average molecular weight is 489 g/mol. The Kier molecular flexibility index (Phi) is 5.35. The van der Waals surface area contributed by atoms with E-state index < -0.39 is 53.7 Å². The number of likely N-dealkylation sites (tertiary alicyclic amines) is 1. The molecule has 1 fully saturated rings. The number of esters is 2. The SMILES string of the molecule is C[C@H](OC(=O)[C@@H](O)CC(=O)O)C(=O)OC1=CC[C@@]2(O)[C@@H]3Cc4ccc(O)c5c4[C@@]2(CCN3C)[C@H]1O5. The molecule has 0 radical (unpaired) electrons. The van der Waals surface area contributed by atoms with E-state index >= 15 is 0 Å². The van der Waals surface area contributed by atoms with Gasteiger partial charge in [-0.05, 0) is 51.1 Å². The molecule has 1 aromatic rings. The number of aliphatic hydroxyl groups excluding tert-OH is 1. The summed E-state index contributed by atoms with van der Waals surface area (Å²) in [5.41, 5.74) is -0.449. The van der Waals surface area contributed by atoms with E-state index in [0.29, 0.717) is 19.4 Å². The van der Waals surface area contributed by atoms with Crippen molar-refractivity contribution in [2.75, 3.05) is 13.6 Å². The van der Waals surface area contributed by atoms with Crippen LogP contribution in [-0.4, -0.2) is 86.8 Å². The Morgan fingerprint density at radius 2 is 2.03 bits per heavy atom. The number of ether oxygens (including phenoxy) is 3. The predicted molar refractivity (Wildman–Crippen MR) is 116 cm³/mol. The minimum atomic E-state index is -1.92. The first-order chi connectivity index (χ1) is 16.5. The van der Waals surface area contributed by atoms with Crippen molar-refractivity contribution in [3.8, 4) is 11.5 Å². The normalized spacial score (nSPS) is 31.9. The summed E-state index contributed by atoms with van der Waals surface area (Å²) in [7, 11) is 1.96. The van der Waals surface area contributed by atoms with E-state index in [2.05, 4.69) is 4.90 Å². The number of nitrogens with zero attached hydrogens (tertiary/aromatic N) is 1. The van der Waals surface area contributed by atoms with E-state index in [1.807, 2.05) is 13.1 Å². The highest BCUT2D eigenvalue weighted by molar-refractivity contribution is 5.84. The minimum Gasteiger partial charge on any atom is -0.504 e. The van der Waals surface area contributed by atoms with Gasteiger partial charge >= 0.3 is 17.9 Å². The molecule has 1 aromatic carbocycles. The Morgan fingerprint density at radius 1 is 1.29 bits per heavy atom. The van der Waals surface area contributed by atoms with Gasteiger partial charge in [-0.1, -0.05) is 6.07 Å². The Morgan fingerprint density at radius 3 is 2.74 bits per heavy atom. The number of carbonyl (C=O) groups excluding carboxylic acids is 2. The highest BCUT2D eigenvalue weighted by Crippen LogP contribution is 2.65. The molecular formula is C24H27NO10. The van der Waals surface area contributed by atoms with E-state index in [1.165, 1.54) is 6.92 Å². The van der Waals surface area contributed by atoms with Crippen LogP contribution in [0.2, 0.25) is 0 Å². The molecule has 11 nitrogen and oxygen atoms in total. The van der Waals surface area contributed by atoms with Crippen molar-refractivity contribution in [1.82, 2.24) is 4.90 Å². The molecule has 35 heavy (non-hydrogen) atoms. The molecule has 0 saturated carbocycles. The molecule has 2 aliphatic heterocycles. The molecule has 11 heteroatoms. The number of likely N-dealkylation sites (N-methyl/N-ethyl adjacent to an activating group) is 1. The summed E-state index contributed by atoms with van der Waals surface area (Å²) in [5, 5.41) is 40.9. The van der Waals surface area contributed by atoms with Gasteiger partial charge in [0.1, 0.15) is 5.76 Å². The van der Waals surface area contributed by atoms with Crippen LogP contribution in [0.5, 0.6) is 11.5 Å². The van der Waals surface area contributed by atoms with Gasteiger partial charge in [0.25, 0.3) is 0 Å². The number of benzene rings is 1. The number of aliphatic carboxylic acids is 1. The van der Waals surface area contributed by atoms with Crippen molar-refractivity contribution < 1.29 is 49.0 Å². The summed E-state index contributed by atoms with van der Waals surface area (Å²) in [6.45, 7) is 1.91. The maximum Gasteiger partial charge on any atom is 0.352 e. The molecule has 6 atom stereocenters. The summed E-state index contributed by atoms with van der Waals surface area (Å²) in [6.07, 6.45) is -2.23. The lowest BCUT2D eigenvalue weighted by molar-refractivity contribution is -0.178.